The largest absolute Gasteiger partial charge is 0.520 e. The normalized spacial score (nSPS) is 12.3. The number of carbonyl (C=O) groups excluding carboxylic acids is 1. The molecule has 3 heteroatoms. The van der Waals surface area contributed by atoms with Gasteiger partial charge in [-0.25, -0.2) is 0 Å². The number of hydrogen-bond acceptors (Lipinski definition) is 2. The lowest BCUT2D eigenvalue weighted by Crippen LogP contribution is -2.28. The second-order valence-electron chi connectivity index (χ2n) is 8.98. The first-order chi connectivity index (χ1) is 13.5. The van der Waals surface area contributed by atoms with Crippen molar-refractivity contribution in [3.05, 3.63) is 24.3 Å². The van der Waals surface area contributed by atoms with Gasteiger partial charge in [-0.15, -0.1) is 0 Å². The Labute approximate surface area is 177 Å². The van der Waals surface area contributed by atoms with Crippen LogP contribution in [0.4, 0.5) is 0 Å². The molecule has 0 spiro atoms. The molecule has 0 aromatic carbocycles. The standard InChI is InChI=1S/C25H48O2Si/c1-5-6-7-8-9-10-11-12-13-14-15-16-17-18-19-20-21-22-23-24-25(26)27-28(2,3)4/h9-10,12-13H,5-8,11,14-24H2,1-4H3/b10-9-,13-12-. The third-order valence-electron chi connectivity index (χ3n) is 4.75. The average molecular weight is 409 g/mol. The fraction of sp³-hybridized carbons (Fsp3) is 0.800. The lowest BCUT2D eigenvalue weighted by Gasteiger charge is -2.17. The molecule has 0 rings (SSSR count). The summed E-state index contributed by atoms with van der Waals surface area (Å²) in [5.74, 6) is 0.0104. The van der Waals surface area contributed by atoms with Crippen LogP contribution in [0.3, 0.4) is 0 Å². The summed E-state index contributed by atoms with van der Waals surface area (Å²) in [7, 11) is -1.69. The summed E-state index contributed by atoms with van der Waals surface area (Å²) in [4.78, 5) is 11.6. The molecule has 28 heavy (non-hydrogen) atoms. The van der Waals surface area contributed by atoms with Crippen LogP contribution in [0.2, 0.25) is 19.6 Å². The molecule has 0 radical (unpaired) electrons. The van der Waals surface area contributed by atoms with Crippen LogP contribution >= 0.6 is 0 Å². The summed E-state index contributed by atoms with van der Waals surface area (Å²) in [6.07, 6.45) is 29.0. The lowest BCUT2D eigenvalue weighted by atomic mass is 10.1. The molecule has 164 valence electrons. The van der Waals surface area contributed by atoms with Gasteiger partial charge >= 0.3 is 0 Å². The Morgan fingerprint density at radius 1 is 0.679 bits per heavy atom. The van der Waals surface area contributed by atoms with Crippen molar-refractivity contribution in [2.45, 2.75) is 129 Å². The van der Waals surface area contributed by atoms with Crippen molar-refractivity contribution < 1.29 is 9.22 Å². The highest BCUT2D eigenvalue weighted by molar-refractivity contribution is 6.71. The number of hydrogen-bond donors (Lipinski definition) is 0. The summed E-state index contributed by atoms with van der Waals surface area (Å²) >= 11 is 0. The van der Waals surface area contributed by atoms with Gasteiger partial charge < -0.3 is 4.43 Å². The zero-order valence-corrected chi connectivity index (χ0v) is 20.4. The molecule has 0 saturated heterocycles. The molecule has 0 amide bonds. The molecule has 0 N–H and O–H groups in total. The molecule has 0 aromatic rings. The highest BCUT2D eigenvalue weighted by atomic mass is 28.4. The van der Waals surface area contributed by atoms with E-state index in [2.05, 4.69) is 50.9 Å². The van der Waals surface area contributed by atoms with Gasteiger partial charge in [0, 0.05) is 6.42 Å². The minimum absolute atomic E-state index is 0.0104. The van der Waals surface area contributed by atoms with E-state index >= 15 is 0 Å². The summed E-state index contributed by atoms with van der Waals surface area (Å²) in [5.41, 5.74) is 0. The van der Waals surface area contributed by atoms with Gasteiger partial charge in [-0.2, -0.15) is 0 Å². The molecule has 0 unspecified atom stereocenters. The second-order valence-corrected chi connectivity index (χ2v) is 13.4. The second kappa shape index (κ2) is 19.5. The maximum Gasteiger partial charge on any atom is 0.292 e. The van der Waals surface area contributed by atoms with Gasteiger partial charge in [-0.1, -0.05) is 89.0 Å². The van der Waals surface area contributed by atoms with E-state index in [4.69, 9.17) is 4.43 Å². The minimum atomic E-state index is -1.69. The third-order valence-corrected chi connectivity index (χ3v) is 5.59. The van der Waals surface area contributed by atoms with Crippen LogP contribution in [0.15, 0.2) is 24.3 Å². The van der Waals surface area contributed by atoms with E-state index in [0.29, 0.717) is 6.42 Å². The Bertz CT molecular complexity index is 407. The Morgan fingerprint density at radius 2 is 1.14 bits per heavy atom. The number of carbonyl (C=O) groups is 1. The molecular weight excluding hydrogens is 360 g/mol. The van der Waals surface area contributed by atoms with Crippen LogP contribution in [0.1, 0.15) is 110 Å². The van der Waals surface area contributed by atoms with Crippen molar-refractivity contribution >= 4 is 14.3 Å². The van der Waals surface area contributed by atoms with Gasteiger partial charge in [0.15, 0.2) is 0 Å². The number of allylic oxidation sites excluding steroid dienone is 4. The van der Waals surface area contributed by atoms with Gasteiger partial charge in [0.1, 0.15) is 0 Å². The van der Waals surface area contributed by atoms with Crippen molar-refractivity contribution in [2.24, 2.45) is 0 Å². The fourth-order valence-corrected chi connectivity index (χ4v) is 3.97. The average Bonchev–Trinajstić information content (AvgIpc) is 2.62. The van der Waals surface area contributed by atoms with Crippen molar-refractivity contribution in [3.8, 4) is 0 Å². The van der Waals surface area contributed by atoms with E-state index in [9.17, 15) is 4.79 Å². The molecule has 0 aliphatic carbocycles. The number of rotatable bonds is 19. The molecule has 0 aliphatic rings. The quantitative estimate of drug-likeness (QED) is 0.121. The summed E-state index contributed by atoms with van der Waals surface area (Å²) < 4.78 is 5.47. The van der Waals surface area contributed by atoms with Crippen molar-refractivity contribution in [3.63, 3.8) is 0 Å². The Hall–Kier alpha value is -0.833. The van der Waals surface area contributed by atoms with Crippen LogP contribution in [0, 0.1) is 0 Å². The van der Waals surface area contributed by atoms with Crippen molar-refractivity contribution in [1.82, 2.24) is 0 Å². The third kappa shape index (κ3) is 23.2. The van der Waals surface area contributed by atoms with Crippen molar-refractivity contribution in [2.75, 3.05) is 0 Å². The predicted octanol–water partition coefficient (Wildman–Crippen LogP) is 8.74. The molecular formula is C25H48O2Si. The monoisotopic (exact) mass is 408 g/mol. The van der Waals surface area contributed by atoms with Gasteiger partial charge in [0.2, 0.25) is 8.32 Å². The van der Waals surface area contributed by atoms with E-state index in [0.717, 1.165) is 12.8 Å². The highest BCUT2D eigenvalue weighted by Crippen LogP contribution is 2.13. The Morgan fingerprint density at radius 3 is 1.64 bits per heavy atom. The smallest absolute Gasteiger partial charge is 0.292 e. The van der Waals surface area contributed by atoms with E-state index in [-0.39, 0.29) is 5.97 Å². The molecule has 2 nitrogen and oxygen atoms in total. The topological polar surface area (TPSA) is 26.3 Å². The first-order valence-electron chi connectivity index (χ1n) is 12.0. The lowest BCUT2D eigenvalue weighted by molar-refractivity contribution is -0.135. The first-order valence-corrected chi connectivity index (χ1v) is 15.4. The zero-order valence-electron chi connectivity index (χ0n) is 19.4. The molecule has 0 heterocycles. The Balaban J connectivity index is 3.25. The van der Waals surface area contributed by atoms with Crippen molar-refractivity contribution in [1.29, 1.82) is 0 Å². The molecule has 0 aliphatic heterocycles. The number of unbranched alkanes of at least 4 members (excludes halogenated alkanes) is 12. The highest BCUT2D eigenvalue weighted by Gasteiger charge is 2.19. The molecule has 0 fully saturated rings. The predicted molar refractivity (Wildman–Crippen MR) is 127 cm³/mol. The maximum atomic E-state index is 11.6. The maximum absolute atomic E-state index is 11.6. The van der Waals surface area contributed by atoms with Gasteiger partial charge in [0.05, 0.1) is 0 Å². The SMILES string of the molecule is CCCCC/C=C\C/C=C\CCCCCCCCCCCC(=O)O[Si](C)(C)C. The van der Waals surface area contributed by atoms with E-state index in [1.807, 2.05) is 0 Å². The summed E-state index contributed by atoms with van der Waals surface area (Å²) in [5, 5.41) is 0. The van der Waals surface area contributed by atoms with Crippen LogP contribution < -0.4 is 0 Å². The van der Waals surface area contributed by atoms with Crippen LogP contribution in [0.25, 0.3) is 0 Å². The minimum Gasteiger partial charge on any atom is -0.520 e. The molecule has 0 atom stereocenters. The fourth-order valence-electron chi connectivity index (χ4n) is 3.18. The van der Waals surface area contributed by atoms with Gasteiger partial charge in [0.25, 0.3) is 5.97 Å². The zero-order chi connectivity index (χ0) is 20.9. The van der Waals surface area contributed by atoms with E-state index < -0.39 is 8.32 Å². The van der Waals surface area contributed by atoms with Gasteiger partial charge in [-0.05, 0) is 58.2 Å². The molecule has 0 aromatic heterocycles. The summed E-state index contributed by atoms with van der Waals surface area (Å²) in [6, 6.07) is 0. The van der Waals surface area contributed by atoms with E-state index in [1.54, 1.807) is 0 Å². The first kappa shape index (κ1) is 27.2. The Kier molecular flexibility index (Phi) is 18.9. The van der Waals surface area contributed by atoms with Gasteiger partial charge in [-0.3, -0.25) is 4.79 Å². The van der Waals surface area contributed by atoms with Crippen LogP contribution in [-0.2, 0) is 9.22 Å². The van der Waals surface area contributed by atoms with Crippen LogP contribution in [-0.4, -0.2) is 14.3 Å². The van der Waals surface area contributed by atoms with Crippen LogP contribution in [0.5, 0.6) is 0 Å². The summed E-state index contributed by atoms with van der Waals surface area (Å²) in [6.45, 7) is 8.45. The molecule has 0 bridgehead atoms. The molecule has 0 saturated carbocycles. The van der Waals surface area contributed by atoms with E-state index in [1.165, 1.54) is 83.5 Å².